The van der Waals surface area contributed by atoms with Crippen molar-refractivity contribution in [2.45, 2.75) is 12.5 Å². The van der Waals surface area contributed by atoms with Gasteiger partial charge >= 0.3 is 0 Å². The van der Waals surface area contributed by atoms with Gasteiger partial charge in [0, 0.05) is 12.4 Å². The van der Waals surface area contributed by atoms with Crippen molar-refractivity contribution in [2.24, 2.45) is 11.6 Å². The zero-order valence-electron chi connectivity index (χ0n) is 11.2. The van der Waals surface area contributed by atoms with Crippen LogP contribution in [0.2, 0.25) is 0 Å². The summed E-state index contributed by atoms with van der Waals surface area (Å²) >= 11 is 0. The molecule has 1 rings (SSSR count). The normalized spacial score (nSPS) is 13.2. The van der Waals surface area contributed by atoms with Crippen LogP contribution in [0, 0.1) is 11.6 Å². The summed E-state index contributed by atoms with van der Waals surface area (Å²) in [6, 6.07) is 3.54. The van der Waals surface area contributed by atoms with Gasteiger partial charge < -0.3 is 15.6 Å². The highest BCUT2D eigenvalue weighted by atomic mass is 19.2. The molecular weight excluding hydrogens is 250 g/mol. The molecule has 1 aromatic carbocycles. The molecule has 0 aliphatic rings. The Bertz CT molecular complexity index is 435. The molecule has 6 heteroatoms. The van der Waals surface area contributed by atoms with Gasteiger partial charge in [0.05, 0.1) is 6.04 Å². The summed E-state index contributed by atoms with van der Waals surface area (Å²) in [5.74, 6) is 4.12. The van der Waals surface area contributed by atoms with Crippen LogP contribution >= 0.6 is 0 Å². The lowest BCUT2D eigenvalue weighted by Gasteiger charge is -2.27. The van der Waals surface area contributed by atoms with Gasteiger partial charge in [0.25, 0.3) is 0 Å². The monoisotopic (exact) mass is 270 g/mol. The van der Waals surface area contributed by atoms with Gasteiger partial charge in [0.2, 0.25) is 0 Å². The highest BCUT2D eigenvalue weighted by molar-refractivity contribution is 5.21. The van der Waals surface area contributed by atoms with Crippen molar-refractivity contribution in [1.29, 1.82) is 0 Å². The van der Waals surface area contributed by atoms with Crippen LogP contribution in [0.5, 0.6) is 0 Å². The minimum Gasteiger partial charge on any atom is -0.403 e. The summed E-state index contributed by atoms with van der Waals surface area (Å²) in [6.45, 7) is 0.760. The number of nitrogens with two attached hydrogens (primary N) is 2. The largest absolute Gasteiger partial charge is 0.403 e. The Hall–Kier alpha value is -1.66. The van der Waals surface area contributed by atoms with E-state index in [0.29, 0.717) is 12.0 Å². The average Bonchev–Trinajstić information content (AvgIpc) is 2.33. The first kappa shape index (κ1) is 15.4. The van der Waals surface area contributed by atoms with E-state index in [2.05, 4.69) is 0 Å². The first-order valence-corrected chi connectivity index (χ1v) is 5.96. The lowest BCUT2D eigenvalue weighted by atomic mass is 10.0. The molecule has 0 spiro atoms. The summed E-state index contributed by atoms with van der Waals surface area (Å²) in [7, 11) is 3.86. The molecule has 106 valence electrons. The highest BCUT2D eigenvalue weighted by Gasteiger charge is 2.17. The van der Waals surface area contributed by atoms with Crippen molar-refractivity contribution in [3.63, 3.8) is 0 Å². The van der Waals surface area contributed by atoms with Crippen LogP contribution in [0.4, 0.5) is 8.78 Å². The second-order valence-corrected chi connectivity index (χ2v) is 4.57. The number of hydrogen-bond donors (Lipinski definition) is 2. The van der Waals surface area contributed by atoms with E-state index in [0.717, 1.165) is 12.6 Å². The van der Waals surface area contributed by atoms with E-state index >= 15 is 0 Å². The van der Waals surface area contributed by atoms with E-state index < -0.39 is 11.6 Å². The van der Waals surface area contributed by atoms with Crippen molar-refractivity contribution >= 4 is 0 Å². The Labute approximate surface area is 112 Å². The summed E-state index contributed by atoms with van der Waals surface area (Å²) in [5.41, 5.74) is 5.92. The summed E-state index contributed by atoms with van der Waals surface area (Å²) < 4.78 is 26.3. The lowest BCUT2D eigenvalue weighted by Crippen LogP contribution is -2.32. The standard InChI is InChI=1S/C13H20F2N4/c1-18(2)7-5-13(19(17)8-6-16)10-3-4-11(14)12(15)9-10/h3-4,6,8-9,13H,5,7,16-17H2,1-2H3/b8-6-. The molecule has 1 atom stereocenters. The SMILES string of the molecule is CN(C)CCC(c1ccc(F)c(F)c1)N(N)/C=C\N. The van der Waals surface area contributed by atoms with Crippen molar-refractivity contribution in [2.75, 3.05) is 20.6 Å². The molecule has 4 N–H and O–H groups in total. The quantitative estimate of drug-likeness (QED) is 0.608. The molecule has 0 saturated carbocycles. The van der Waals surface area contributed by atoms with Gasteiger partial charge in [-0.1, -0.05) is 6.07 Å². The third-order valence-electron chi connectivity index (χ3n) is 2.80. The number of hydrazine groups is 1. The first-order chi connectivity index (χ1) is 8.95. The zero-order chi connectivity index (χ0) is 14.4. The van der Waals surface area contributed by atoms with Crippen LogP contribution in [0.3, 0.4) is 0 Å². The molecular formula is C13H20F2N4. The maximum Gasteiger partial charge on any atom is 0.159 e. The van der Waals surface area contributed by atoms with Gasteiger partial charge in [-0.05, 0) is 44.8 Å². The maximum absolute atomic E-state index is 13.3. The molecule has 19 heavy (non-hydrogen) atoms. The molecule has 0 bridgehead atoms. The number of benzene rings is 1. The van der Waals surface area contributed by atoms with Gasteiger partial charge in [0.1, 0.15) is 0 Å². The maximum atomic E-state index is 13.3. The smallest absolute Gasteiger partial charge is 0.159 e. The highest BCUT2D eigenvalue weighted by Crippen LogP contribution is 2.24. The second-order valence-electron chi connectivity index (χ2n) is 4.57. The predicted octanol–water partition coefficient (Wildman–Crippen LogP) is 1.56. The summed E-state index contributed by atoms with van der Waals surface area (Å²) in [5, 5.41) is 1.40. The fourth-order valence-corrected chi connectivity index (χ4v) is 1.79. The molecule has 0 amide bonds. The molecule has 0 aromatic heterocycles. The molecule has 0 fully saturated rings. The molecule has 0 heterocycles. The fraction of sp³-hybridized carbons (Fsp3) is 0.385. The zero-order valence-corrected chi connectivity index (χ0v) is 11.2. The van der Waals surface area contributed by atoms with Crippen molar-refractivity contribution in [3.8, 4) is 0 Å². The molecule has 1 aromatic rings. The van der Waals surface area contributed by atoms with Gasteiger partial charge in [-0.3, -0.25) is 0 Å². The average molecular weight is 270 g/mol. The van der Waals surface area contributed by atoms with Gasteiger partial charge in [-0.25, -0.2) is 14.6 Å². The first-order valence-electron chi connectivity index (χ1n) is 5.96. The van der Waals surface area contributed by atoms with E-state index in [1.54, 1.807) is 0 Å². The van der Waals surface area contributed by atoms with Crippen molar-refractivity contribution in [3.05, 3.63) is 47.8 Å². The number of nitrogens with zero attached hydrogens (tertiary/aromatic N) is 2. The van der Waals surface area contributed by atoms with Gasteiger partial charge in [-0.15, -0.1) is 0 Å². The fourth-order valence-electron chi connectivity index (χ4n) is 1.79. The molecule has 0 saturated heterocycles. The minimum atomic E-state index is -0.877. The number of hydrogen-bond acceptors (Lipinski definition) is 4. The number of rotatable bonds is 6. The molecule has 0 aliphatic heterocycles. The van der Waals surface area contributed by atoms with Crippen LogP contribution in [0.15, 0.2) is 30.6 Å². The van der Waals surface area contributed by atoms with E-state index in [1.807, 2.05) is 19.0 Å². The molecule has 0 aliphatic carbocycles. The summed E-state index contributed by atoms with van der Waals surface area (Å²) in [4.78, 5) is 1.99. The van der Waals surface area contributed by atoms with Crippen molar-refractivity contribution in [1.82, 2.24) is 9.91 Å². The third kappa shape index (κ3) is 4.50. The van der Waals surface area contributed by atoms with E-state index in [1.165, 1.54) is 29.5 Å². The Morgan fingerprint density at radius 2 is 1.95 bits per heavy atom. The van der Waals surface area contributed by atoms with Crippen LogP contribution in [-0.2, 0) is 0 Å². The topological polar surface area (TPSA) is 58.5 Å². The van der Waals surface area contributed by atoms with Gasteiger partial charge in [-0.2, -0.15) is 0 Å². The Morgan fingerprint density at radius 3 is 2.47 bits per heavy atom. The Morgan fingerprint density at radius 1 is 1.26 bits per heavy atom. The Balaban J connectivity index is 2.96. The number of halogens is 2. The van der Waals surface area contributed by atoms with E-state index in [4.69, 9.17) is 11.6 Å². The summed E-state index contributed by atoms with van der Waals surface area (Å²) in [6.07, 6.45) is 3.48. The third-order valence-corrected chi connectivity index (χ3v) is 2.80. The van der Waals surface area contributed by atoms with Crippen LogP contribution in [-0.4, -0.2) is 30.5 Å². The minimum absolute atomic E-state index is 0.266. The van der Waals surface area contributed by atoms with Crippen LogP contribution in [0.25, 0.3) is 0 Å². The van der Waals surface area contributed by atoms with Crippen LogP contribution < -0.4 is 11.6 Å². The van der Waals surface area contributed by atoms with Crippen molar-refractivity contribution < 1.29 is 8.78 Å². The Kier molecular flexibility index (Phi) is 5.72. The predicted molar refractivity (Wildman–Crippen MR) is 71.6 cm³/mol. The second kappa shape index (κ2) is 7.06. The van der Waals surface area contributed by atoms with Crippen LogP contribution in [0.1, 0.15) is 18.0 Å². The molecule has 0 radical (unpaired) electrons. The lowest BCUT2D eigenvalue weighted by molar-refractivity contribution is 0.246. The molecule has 1 unspecified atom stereocenters. The van der Waals surface area contributed by atoms with E-state index in [-0.39, 0.29) is 6.04 Å². The molecule has 4 nitrogen and oxygen atoms in total. The van der Waals surface area contributed by atoms with E-state index in [9.17, 15) is 8.78 Å². The van der Waals surface area contributed by atoms with Gasteiger partial charge in [0.15, 0.2) is 11.6 Å².